The summed E-state index contributed by atoms with van der Waals surface area (Å²) in [5, 5.41) is 3.35. The van der Waals surface area contributed by atoms with E-state index < -0.39 is 0 Å². The van der Waals surface area contributed by atoms with E-state index in [4.69, 9.17) is 9.72 Å². The fraction of sp³-hybridized carbons (Fsp3) is 0.412. The molecule has 0 aliphatic heterocycles. The second-order valence-electron chi connectivity index (χ2n) is 5.42. The molecule has 1 atom stereocenters. The van der Waals surface area contributed by atoms with Gasteiger partial charge in [-0.05, 0) is 31.9 Å². The number of aromatic nitrogens is 2. The molecule has 0 saturated carbocycles. The van der Waals surface area contributed by atoms with Gasteiger partial charge in [0.05, 0.1) is 6.61 Å². The molecule has 0 spiro atoms. The quantitative estimate of drug-likeness (QED) is 0.937. The van der Waals surface area contributed by atoms with Crippen molar-refractivity contribution < 1.29 is 4.74 Å². The Balaban J connectivity index is 2.01. The van der Waals surface area contributed by atoms with Gasteiger partial charge in [0.15, 0.2) is 5.82 Å². The molecule has 1 aromatic carbocycles. The van der Waals surface area contributed by atoms with E-state index in [1.165, 1.54) is 17.7 Å². The van der Waals surface area contributed by atoms with Crippen molar-refractivity contribution in [1.82, 2.24) is 15.3 Å². The number of benzene rings is 1. The maximum Gasteiger partial charge on any atom is 0.159 e. The van der Waals surface area contributed by atoms with E-state index in [0.717, 1.165) is 29.8 Å². The molecular formula is C17H21N3O. The summed E-state index contributed by atoms with van der Waals surface area (Å²) in [6.45, 7) is 0.579. The van der Waals surface area contributed by atoms with E-state index >= 15 is 0 Å². The molecule has 21 heavy (non-hydrogen) atoms. The van der Waals surface area contributed by atoms with Crippen molar-refractivity contribution in [3.63, 3.8) is 0 Å². The summed E-state index contributed by atoms with van der Waals surface area (Å²) in [5.41, 5.74) is 4.61. The molecule has 1 N–H and O–H groups in total. The first-order chi connectivity index (χ1) is 10.3. The smallest absolute Gasteiger partial charge is 0.159 e. The van der Waals surface area contributed by atoms with Gasteiger partial charge in [0.2, 0.25) is 0 Å². The standard InChI is InChI=1S/C17H21N3O/c1-18-15-8-5-9-16-14(15)10-19-17(20-16)13-7-4-3-6-12(13)11-21-2/h3-4,6-7,10,15,18H,5,8-9,11H2,1-2H3. The van der Waals surface area contributed by atoms with Gasteiger partial charge in [-0.1, -0.05) is 24.3 Å². The molecular weight excluding hydrogens is 262 g/mol. The Bertz CT molecular complexity index is 627. The summed E-state index contributed by atoms with van der Waals surface area (Å²) in [5.74, 6) is 0.804. The number of ether oxygens (including phenoxy) is 1. The second-order valence-corrected chi connectivity index (χ2v) is 5.42. The SMILES string of the molecule is CNC1CCCc2nc(-c3ccccc3COC)ncc21. The van der Waals surface area contributed by atoms with Crippen LogP contribution in [-0.4, -0.2) is 24.1 Å². The third-order valence-electron chi connectivity index (χ3n) is 4.09. The van der Waals surface area contributed by atoms with Crippen LogP contribution in [0.15, 0.2) is 30.5 Å². The Morgan fingerprint density at radius 3 is 3.00 bits per heavy atom. The Hall–Kier alpha value is -1.78. The first kappa shape index (κ1) is 14.2. The van der Waals surface area contributed by atoms with Gasteiger partial charge in [0, 0.05) is 36.2 Å². The number of hydrogen-bond acceptors (Lipinski definition) is 4. The third kappa shape index (κ3) is 2.82. The fourth-order valence-corrected chi connectivity index (χ4v) is 3.00. The zero-order valence-corrected chi connectivity index (χ0v) is 12.6. The Labute approximate surface area is 125 Å². The van der Waals surface area contributed by atoms with Crippen molar-refractivity contribution in [1.29, 1.82) is 0 Å². The van der Waals surface area contributed by atoms with Crippen LogP contribution in [-0.2, 0) is 17.8 Å². The van der Waals surface area contributed by atoms with Crippen LogP contribution in [0.4, 0.5) is 0 Å². The van der Waals surface area contributed by atoms with Crippen LogP contribution in [0.1, 0.15) is 35.7 Å². The van der Waals surface area contributed by atoms with Gasteiger partial charge in [-0.15, -0.1) is 0 Å². The summed E-state index contributed by atoms with van der Waals surface area (Å²) in [7, 11) is 3.71. The molecule has 4 nitrogen and oxygen atoms in total. The molecule has 0 bridgehead atoms. The Morgan fingerprint density at radius 1 is 1.33 bits per heavy atom. The molecule has 1 aliphatic rings. The molecule has 2 aromatic rings. The Kier molecular flexibility index (Phi) is 4.27. The van der Waals surface area contributed by atoms with E-state index in [1.807, 2.05) is 25.4 Å². The largest absolute Gasteiger partial charge is 0.380 e. The monoisotopic (exact) mass is 283 g/mol. The zero-order valence-electron chi connectivity index (χ0n) is 12.6. The van der Waals surface area contributed by atoms with Gasteiger partial charge in [0.1, 0.15) is 0 Å². The van der Waals surface area contributed by atoms with Gasteiger partial charge < -0.3 is 10.1 Å². The molecule has 1 heterocycles. The number of hydrogen-bond donors (Lipinski definition) is 1. The van der Waals surface area contributed by atoms with Crippen molar-refractivity contribution in [2.24, 2.45) is 0 Å². The van der Waals surface area contributed by atoms with E-state index in [2.05, 4.69) is 22.4 Å². The third-order valence-corrected chi connectivity index (χ3v) is 4.09. The number of rotatable bonds is 4. The lowest BCUT2D eigenvalue weighted by Gasteiger charge is -2.24. The van der Waals surface area contributed by atoms with Crippen LogP contribution in [0.2, 0.25) is 0 Å². The van der Waals surface area contributed by atoms with Gasteiger partial charge in [-0.25, -0.2) is 9.97 Å². The molecule has 3 rings (SSSR count). The lowest BCUT2D eigenvalue weighted by Crippen LogP contribution is -2.23. The number of nitrogens with zero attached hydrogens (tertiary/aromatic N) is 2. The molecule has 1 aliphatic carbocycles. The van der Waals surface area contributed by atoms with Crippen LogP contribution in [0, 0.1) is 0 Å². The van der Waals surface area contributed by atoms with E-state index in [9.17, 15) is 0 Å². The maximum absolute atomic E-state index is 5.27. The van der Waals surface area contributed by atoms with E-state index in [0.29, 0.717) is 12.6 Å². The van der Waals surface area contributed by atoms with Gasteiger partial charge >= 0.3 is 0 Å². The van der Waals surface area contributed by atoms with Crippen LogP contribution in [0.5, 0.6) is 0 Å². The first-order valence-electron chi connectivity index (χ1n) is 7.43. The summed E-state index contributed by atoms with van der Waals surface area (Å²) < 4.78 is 5.27. The van der Waals surface area contributed by atoms with E-state index in [-0.39, 0.29) is 0 Å². The average molecular weight is 283 g/mol. The molecule has 1 unspecified atom stereocenters. The summed E-state index contributed by atoms with van der Waals surface area (Å²) in [6.07, 6.45) is 5.36. The summed E-state index contributed by atoms with van der Waals surface area (Å²) >= 11 is 0. The number of nitrogens with one attached hydrogen (secondary N) is 1. The predicted octanol–water partition coefficient (Wildman–Crippen LogP) is 2.89. The highest BCUT2D eigenvalue weighted by Gasteiger charge is 2.21. The highest BCUT2D eigenvalue weighted by molar-refractivity contribution is 5.60. The summed E-state index contributed by atoms with van der Waals surface area (Å²) in [4.78, 5) is 9.41. The van der Waals surface area contributed by atoms with Crippen LogP contribution >= 0.6 is 0 Å². The van der Waals surface area contributed by atoms with Crippen molar-refractivity contribution in [3.05, 3.63) is 47.3 Å². The minimum atomic E-state index is 0.386. The van der Waals surface area contributed by atoms with Crippen LogP contribution in [0.3, 0.4) is 0 Å². The predicted molar refractivity (Wildman–Crippen MR) is 82.9 cm³/mol. The number of fused-ring (bicyclic) bond motifs is 1. The number of methoxy groups -OCH3 is 1. The molecule has 0 fully saturated rings. The van der Waals surface area contributed by atoms with Gasteiger partial charge in [0.25, 0.3) is 0 Å². The first-order valence-corrected chi connectivity index (χ1v) is 7.43. The minimum Gasteiger partial charge on any atom is -0.380 e. The van der Waals surface area contributed by atoms with Gasteiger partial charge in [-0.3, -0.25) is 0 Å². The zero-order chi connectivity index (χ0) is 14.7. The Morgan fingerprint density at radius 2 is 2.19 bits per heavy atom. The lowest BCUT2D eigenvalue weighted by molar-refractivity contribution is 0.185. The molecule has 4 heteroatoms. The van der Waals surface area contributed by atoms with Crippen molar-refractivity contribution in [2.75, 3.05) is 14.2 Å². The highest BCUT2D eigenvalue weighted by Crippen LogP contribution is 2.30. The lowest BCUT2D eigenvalue weighted by atomic mass is 9.92. The molecule has 110 valence electrons. The van der Waals surface area contributed by atoms with Crippen molar-refractivity contribution in [3.8, 4) is 11.4 Å². The normalized spacial score (nSPS) is 17.5. The number of aryl methyl sites for hydroxylation is 1. The summed E-state index contributed by atoms with van der Waals surface area (Å²) in [6, 6.07) is 8.56. The van der Waals surface area contributed by atoms with Crippen molar-refractivity contribution in [2.45, 2.75) is 31.9 Å². The van der Waals surface area contributed by atoms with Crippen LogP contribution in [0.25, 0.3) is 11.4 Å². The second kappa shape index (κ2) is 6.33. The van der Waals surface area contributed by atoms with Crippen molar-refractivity contribution >= 4 is 0 Å². The highest BCUT2D eigenvalue weighted by atomic mass is 16.5. The fourth-order valence-electron chi connectivity index (χ4n) is 3.00. The van der Waals surface area contributed by atoms with Crippen LogP contribution < -0.4 is 5.32 Å². The van der Waals surface area contributed by atoms with Gasteiger partial charge in [-0.2, -0.15) is 0 Å². The average Bonchev–Trinajstić information content (AvgIpc) is 2.54. The maximum atomic E-state index is 5.27. The topological polar surface area (TPSA) is 47.0 Å². The molecule has 0 amide bonds. The molecule has 1 aromatic heterocycles. The van der Waals surface area contributed by atoms with E-state index in [1.54, 1.807) is 7.11 Å². The minimum absolute atomic E-state index is 0.386. The molecule has 0 saturated heterocycles. The molecule has 0 radical (unpaired) electrons.